The predicted octanol–water partition coefficient (Wildman–Crippen LogP) is 2.53. The highest BCUT2D eigenvalue weighted by Gasteiger charge is 2.26. The molecule has 0 unspecified atom stereocenters. The van der Waals surface area contributed by atoms with E-state index in [1.165, 1.54) is 6.92 Å². The summed E-state index contributed by atoms with van der Waals surface area (Å²) in [5.41, 5.74) is 2.09. The minimum Gasteiger partial charge on any atom is -0.481 e. The molecule has 0 spiro atoms. The highest BCUT2D eigenvalue weighted by Crippen LogP contribution is 2.20. The van der Waals surface area contributed by atoms with Crippen LogP contribution >= 0.6 is 0 Å². The molecule has 0 saturated carbocycles. The molecule has 1 aliphatic heterocycles. The van der Waals surface area contributed by atoms with E-state index in [-0.39, 0.29) is 17.7 Å². The molecule has 1 aromatic carbocycles. The van der Waals surface area contributed by atoms with Crippen LogP contribution in [0.15, 0.2) is 18.2 Å². The summed E-state index contributed by atoms with van der Waals surface area (Å²) in [7, 11) is 0. The number of nitrogens with zero attached hydrogens (tertiary/aromatic N) is 1. The number of aliphatic carboxylic acids is 1. The molecule has 1 saturated heterocycles. The Morgan fingerprint density at radius 3 is 2.36 bits per heavy atom. The number of carboxylic acid groups (broad SMARTS) is 1. The van der Waals surface area contributed by atoms with Crippen LogP contribution < -0.4 is 5.32 Å². The van der Waals surface area contributed by atoms with Gasteiger partial charge in [-0.3, -0.25) is 9.59 Å². The van der Waals surface area contributed by atoms with Gasteiger partial charge in [0.05, 0.1) is 5.92 Å². The molecule has 0 aliphatic carbocycles. The lowest BCUT2D eigenvalue weighted by molar-refractivity contribution is -0.143. The number of carbonyl (C=O) groups excluding carboxylic acids is 2. The molecule has 0 radical (unpaired) electrons. The van der Waals surface area contributed by atoms with Gasteiger partial charge in [-0.15, -0.1) is 0 Å². The second-order valence-corrected chi connectivity index (χ2v) is 5.62. The number of hydrogen-bond donors (Lipinski definition) is 2. The number of Topliss-reactive ketones (excluding diaryl/α,β-unsaturated/α-hetero) is 1. The summed E-state index contributed by atoms with van der Waals surface area (Å²) < 4.78 is 0. The van der Waals surface area contributed by atoms with Crippen molar-refractivity contribution in [1.29, 1.82) is 0 Å². The summed E-state index contributed by atoms with van der Waals surface area (Å²) in [5, 5.41) is 11.7. The van der Waals surface area contributed by atoms with E-state index in [9.17, 15) is 14.4 Å². The second kappa shape index (κ2) is 6.60. The van der Waals surface area contributed by atoms with E-state index in [0.717, 1.165) is 5.56 Å². The van der Waals surface area contributed by atoms with Crippen molar-refractivity contribution >= 4 is 23.5 Å². The molecule has 1 heterocycles. The average molecular weight is 304 g/mol. The average Bonchev–Trinajstić information content (AvgIpc) is 2.47. The van der Waals surface area contributed by atoms with Gasteiger partial charge in [0.2, 0.25) is 0 Å². The molecule has 0 atom stereocenters. The van der Waals surface area contributed by atoms with Gasteiger partial charge in [0.15, 0.2) is 5.78 Å². The Labute approximate surface area is 129 Å². The number of rotatable bonds is 3. The second-order valence-electron chi connectivity index (χ2n) is 5.62. The highest BCUT2D eigenvalue weighted by molar-refractivity contribution is 5.97. The third-order valence-corrected chi connectivity index (χ3v) is 3.99. The maximum Gasteiger partial charge on any atom is 0.321 e. The van der Waals surface area contributed by atoms with Crippen molar-refractivity contribution in [3.63, 3.8) is 0 Å². The number of nitrogens with one attached hydrogen (secondary N) is 1. The first kappa shape index (κ1) is 16.0. The van der Waals surface area contributed by atoms with Gasteiger partial charge in [-0.25, -0.2) is 4.79 Å². The number of piperidine rings is 1. The van der Waals surface area contributed by atoms with Crippen molar-refractivity contribution in [3.05, 3.63) is 29.3 Å². The summed E-state index contributed by atoms with van der Waals surface area (Å²) in [6.45, 7) is 4.21. The molecule has 6 heteroatoms. The largest absolute Gasteiger partial charge is 0.481 e. The van der Waals surface area contributed by atoms with Crippen LogP contribution in [-0.2, 0) is 4.79 Å². The summed E-state index contributed by atoms with van der Waals surface area (Å²) >= 11 is 0. The van der Waals surface area contributed by atoms with E-state index >= 15 is 0 Å². The van der Waals surface area contributed by atoms with E-state index in [0.29, 0.717) is 37.2 Å². The Kier molecular flexibility index (Phi) is 4.80. The molecule has 2 rings (SSSR count). The van der Waals surface area contributed by atoms with Crippen molar-refractivity contribution in [2.45, 2.75) is 26.7 Å². The number of hydrogen-bond acceptors (Lipinski definition) is 3. The Balaban J connectivity index is 1.97. The first-order chi connectivity index (χ1) is 10.4. The zero-order valence-electron chi connectivity index (χ0n) is 12.8. The Morgan fingerprint density at radius 2 is 1.86 bits per heavy atom. The van der Waals surface area contributed by atoms with Crippen LogP contribution in [0.3, 0.4) is 0 Å². The maximum atomic E-state index is 12.2. The van der Waals surface area contributed by atoms with Crippen LogP contribution in [0.25, 0.3) is 0 Å². The molecule has 2 amide bonds. The van der Waals surface area contributed by atoms with Crippen LogP contribution in [0.4, 0.5) is 10.5 Å². The van der Waals surface area contributed by atoms with Crippen molar-refractivity contribution in [3.8, 4) is 0 Å². The lowest BCUT2D eigenvalue weighted by Gasteiger charge is -2.30. The quantitative estimate of drug-likeness (QED) is 0.840. The molecular weight excluding hydrogens is 284 g/mol. The molecule has 6 nitrogen and oxygen atoms in total. The zero-order chi connectivity index (χ0) is 16.3. The fraction of sp³-hybridized carbons (Fsp3) is 0.438. The van der Waals surface area contributed by atoms with E-state index in [4.69, 9.17) is 5.11 Å². The smallest absolute Gasteiger partial charge is 0.321 e. The van der Waals surface area contributed by atoms with Gasteiger partial charge < -0.3 is 15.3 Å². The van der Waals surface area contributed by atoms with Gasteiger partial charge >= 0.3 is 12.0 Å². The topological polar surface area (TPSA) is 86.7 Å². The first-order valence-electron chi connectivity index (χ1n) is 7.29. The monoisotopic (exact) mass is 304 g/mol. The number of ketones is 1. The van der Waals surface area contributed by atoms with Gasteiger partial charge in [0.25, 0.3) is 0 Å². The van der Waals surface area contributed by atoms with Crippen molar-refractivity contribution in [2.24, 2.45) is 5.92 Å². The number of carbonyl (C=O) groups is 3. The Morgan fingerprint density at radius 1 is 1.23 bits per heavy atom. The number of aryl methyl sites for hydroxylation is 1. The van der Waals surface area contributed by atoms with E-state index in [2.05, 4.69) is 5.32 Å². The van der Waals surface area contributed by atoms with Crippen LogP contribution in [0, 0.1) is 12.8 Å². The fourth-order valence-electron chi connectivity index (χ4n) is 2.67. The summed E-state index contributed by atoms with van der Waals surface area (Å²) in [6.07, 6.45) is 0.954. The number of urea groups is 1. The number of likely N-dealkylation sites (tertiary alicyclic amines) is 1. The molecule has 1 fully saturated rings. The van der Waals surface area contributed by atoms with Gasteiger partial charge in [-0.05, 0) is 50.5 Å². The standard InChI is InChI=1S/C16H20N2O4/c1-10-9-13(3-4-14(10)11(2)19)17-16(22)18-7-5-12(6-8-18)15(20)21/h3-4,9,12H,5-8H2,1-2H3,(H,17,22)(H,20,21). The molecule has 0 bridgehead atoms. The van der Waals surface area contributed by atoms with Crippen molar-refractivity contribution in [1.82, 2.24) is 4.90 Å². The van der Waals surface area contributed by atoms with E-state index in [1.807, 2.05) is 6.92 Å². The number of amides is 2. The molecule has 1 aliphatic rings. The van der Waals surface area contributed by atoms with E-state index < -0.39 is 5.97 Å². The van der Waals surface area contributed by atoms with Crippen molar-refractivity contribution in [2.75, 3.05) is 18.4 Å². The van der Waals surface area contributed by atoms with E-state index in [1.54, 1.807) is 23.1 Å². The van der Waals surface area contributed by atoms with Gasteiger partial charge in [0.1, 0.15) is 0 Å². The third kappa shape index (κ3) is 3.63. The number of anilines is 1. The number of benzene rings is 1. The van der Waals surface area contributed by atoms with Gasteiger partial charge in [-0.1, -0.05) is 0 Å². The molecule has 118 valence electrons. The fourth-order valence-corrected chi connectivity index (χ4v) is 2.67. The van der Waals surface area contributed by atoms with Crippen molar-refractivity contribution < 1.29 is 19.5 Å². The van der Waals surface area contributed by atoms with Crippen LogP contribution in [-0.4, -0.2) is 40.9 Å². The lowest BCUT2D eigenvalue weighted by Crippen LogP contribution is -2.42. The zero-order valence-corrected chi connectivity index (χ0v) is 12.8. The summed E-state index contributed by atoms with van der Waals surface area (Å²) in [6, 6.07) is 4.92. The number of carboxylic acids is 1. The SMILES string of the molecule is CC(=O)c1ccc(NC(=O)N2CCC(C(=O)O)CC2)cc1C. The predicted molar refractivity (Wildman–Crippen MR) is 82.1 cm³/mol. The summed E-state index contributed by atoms with van der Waals surface area (Å²) in [4.78, 5) is 36.1. The van der Waals surface area contributed by atoms with Crippen LogP contribution in [0.2, 0.25) is 0 Å². The van der Waals surface area contributed by atoms with Gasteiger partial charge in [-0.2, -0.15) is 0 Å². The van der Waals surface area contributed by atoms with Crippen LogP contribution in [0.5, 0.6) is 0 Å². The minimum absolute atomic E-state index is 0.00822. The Hall–Kier alpha value is -2.37. The molecule has 2 N–H and O–H groups in total. The minimum atomic E-state index is -0.796. The molecule has 22 heavy (non-hydrogen) atoms. The maximum absolute atomic E-state index is 12.2. The molecular formula is C16H20N2O4. The first-order valence-corrected chi connectivity index (χ1v) is 7.29. The molecule has 0 aromatic heterocycles. The summed E-state index contributed by atoms with van der Waals surface area (Å²) in [5.74, 6) is -1.16. The van der Waals surface area contributed by atoms with Gasteiger partial charge in [0, 0.05) is 24.3 Å². The molecule has 1 aromatic rings. The normalized spacial score (nSPS) is 15.5. The lowest BCUT2D eigenvalue weighted by atomic mass is 9.97. The van der Waals surface area contributed by atoms with Crippen LogP contribution in [0.1, 0.15) is 35.7 Å². The third-order valence-electron chi connectivity index (χ3n) is 3.99. The Bertz CT molecular complexity index is 604. The highest BCUT2D eigenvalue weighted by atomic mass is 16.4.